The summed E-state index contributed by atoms with van der Waals surface area (Å²) in [7, 11) is 2.34. The van der Waals surface area contributed by atoms with Crippen molar-refractivity contribution in [1.82, 2.24) is 10.2 Å². The molecule has 0 aromatic heterocycles. The fraction of sp³-hybridized carbons (Fsp3) is 1.00. The molecule has 0 heterocycles. The third-order valence-electron chi connectivity index (χ3n) is 5.86. The molecule has 0 radical (unpaired) electrons. The Morgan fingerprint density at radius 1 is 0.952 bits per heavy atom. The molecule has 2 fully saturated rings. The molecule has 21 heavy (non-hydrogen) atoms. The van der Waals surface area contributed by atoms with Gasteiger partial charge in [0.25, 0.3) is 0 Å². The molecule has 0 aromatic rings. The molecule has 1 N–H and O–H groups in total. The average Bonchev–Trinajstić information content (AvgIpc) is 2.54. The Bertz CT molecular complexity index is 252. The van der Waals surface area contributed by atoms with E-state index in [9.17, 15) is 0 Å². The van der Waals surface area contributed by atoms with E-state index in [0.717, 1.165) is 18.0 Å². The minimum atomic E-state index is 0.818. The van der Waals surface area contributed by atoms with E-state index in [4.69, 9.17) is 0 Å². The van der Waals surface area contributed by atoms with Crippen molar-refractivity contribution in [3.8, 4) is 0 Å². The van der Waals surface area contributed by atoms with Gasteiger partial charge in [-0.1, -0.05) is 39.0 Å². The summed E-state index contributed by atoms with van der Waals surface area (Å²) in [5.74, 6) is 1.03. The van der Waals surface area contributed by atoms with Crippen molar-refractivity contribution in [1.29, 1.82) is 0 Å². The molecule has 124 valence electrons. The third-order valence-corrected chi connectivity index (χ3v) is 5.86. The van der Waals surface area contributed by atoms with Gasteiger partial charge in [0, 0.05) is 12.1 Å². The first kappa shape index (κ1) is 17.3. The Morgan fingerprint density at radius 3 is 2.33 bits per heavy atom. The number of hydrogen-bond acceptors (Lipinski definition) is 2. The van der Waals surface area contributed by atoms with Gasteiger partial charge in [0.1, 0.15) is 0 Å². The highest BCUT2D eigenvalue weighted by molar-refractivity contribution is 4.78. The predicted molar refractivity (Wildman–Crippen MR) is 92.8 cm³/mol. The van der Waals surface area contributed by atoms with Crippen LogP contribution >= 0.6 is 0 Å². The highest BCUT2D eigenvalue weighted by Gasteiger charge is 2.20. The summed E-state index contributed by atoms with van der Waals surface area (Å²) >= 11 is 0. The van der Waals surface area contributed by atoms with Crippen LogP contribution in [-0.2, 0) is 0 Å². The lowest BCUT2D eigenvalue weighted by Gasteiger charge is -2.32. The normalized spacial score (nSPS) is 28.1. The maximum absolute atomic E-state index is 3.82. The summed E-state index contributed by atoms with van der Waals surface area (Å²) in [6.45, 7) is 4.83. The number of hydrogen-bond donors (Lipinski definition) is 1. The van der Waals surface area contributed by atoms with E-state index in [1.54, 1.807) is 0 Å². The summed E-state index contributed by atoms with van der Waals surface area (Å²) in [6.07, 6.45) is 17.2. The Kier molecular flexibility index (Phi) is 8.10. The van der Waals surface area contributed by atoms with E-state index in [1.165, 1.54) is 90.1 Å². The summed E-state index contributed by atoms with van der Waals surface area (Å²) in [5.41, 5.74) is 0. The molecule has 0 saturated heterocycles. The van der Waals surface area contributed by atoms with E-state index in [0.29, 0.717) is 0 Å². The van der Waals surface area contributed by atoms with E-state index in [-0.39, 0.29) is 0 Å². The van der Waals surface area contributed by atoms with Gasteiger partial charge in [-0.2, -0.15) is 0 Å². The lowest BCUT2D eigenvalue weighted by molar-refractivity contribution is 0.187. The summed E-state index contributed by atoms with van der Waals surface area (Å²) in [6, 6.07) is 1.70. The predicted octanol–water partition coefficient (Wildman–Crippen LogP) is 4.59. The van der Waals surface area contributed by atoms with Crippen LogP contribution in [-0.4, -0.2) is 37.1 Å². The van der Waals surface area contributed by atoms with E-state index < -0.39 is 0 Å². The lowest BCUT2D eigenvalue weighted by atomic mass is 9.83. The molecule has 2 rings (SSSR count). The molecule has 0 atom stereocenters. The minimum absolute atomic E-state index is 0.818. The van der Waals surface area contributed by atoms with Gasteiger partial charge < -0.3 is 10.2 Å². The first-order valence-corrected chi connectivity index (χ1v) is 9.73. The molecule has 2 saturated carbocycles. The Hall–Kier alpha value is -0.0800. The molecule has 2 aliphatic rings. The monoisotopic (exact) mass is 294 g/mol. The van der Waals surface area contributed by atoms with Gasteiger partial charge in [-0.3, -0.25) is 0 Å². The molecule has 0 bridgehead atoms. The van der Waals surface area contributed by atoms with Crippen molar-refractivity contribution < 1.29 is 0 Å². The van der Waals surface area contributed by atoms with Crippen molar-refractivity contribution in [3.05, 3.63) is 0 Å². The van der Waals surface area contributed by atoms with Gasteiger partial charge in [-0.15, -0.1) is 0 Å². The second kappa shape index (κ2) is 9.84. The Morgan fingerprint density at radius 2 is 1.67 bits per heavy atom. The second-order valence-electron chi connectivity index (χ2n) is 7.59. The van der Waals surface area contributed by atoms with Crippen LogP contribution in [0.5, 0.6) is 0 Å². The second-order valence-corrected chi connectivity index (χ2v) is 7.59. The van der Waals surface area contributed by atoms with Crippen molar-refractivity contribution in [2.24, 2.45) is 5.92 Å². The van der Waals surface area contributed by atoms with Crippen molar-refractivity contribution in [3.63, 3.8) is 0 Å². The lowest BCUT2D eigenvalue weighted by Crippen LogP contribution is -2.37. The molecule has 0 spiro atoms. The first-order valence-electron chi connectivity index (χ1n) is 9.73. The zero-order valence-electron chi connectivity index (χ0n) is 14.6. The molecule has 2 nitrogen and oxygen atoms in total. The topological polar surface area (TPSA) is 15.3 Å². The third kappa shape index (κ3) is 6.28. The molecular weight excluding hydrogens is 256 g/mol. The largest absolute Gasteiger partial charge is 0.314 e. The Balaban J connectivity index is 1.50. The molecular formula is C19H38N2. The van der Waals surface area contributed by atoms with Crippen molar-refractivity contribution in [2.75, 3.05) is 20.1 Å². The SMILES string of the molecule is CCCC1CCC(NCCCN(C)C2CCCCC2)CC1. The van der Waals surface area contributed by atoms with E-state index in [2.05, 4.69) is 24.2 Å². The first-order chi connectivity index (χ1) is 10.3. The van der Waals surface area contributed by atoms with Crippen molar-refractivity contribution in [2.45, 2.75) is 96.1 Å². The van der Waals surface area contributed by atoms with Gasteiger partial charge in [0.05, 0.1) is 0 Å². The molecule has 2 heteroatoms. The van der Waals surface area contributed by atoms with Gasteiger partial charge in [-0.05, 0) is 71.0 Å². The van der Waals surface area contributed by atoms with Gasteiger partial charge in [0.2, 0.25) is 0 Å². The van der Waals surface area contributed by atoms with E-state index in [1.807, 2.05) is 0 Å². The standard InChI is InChI=1S/C19H38N2/c1-3-8-17-11-13-18(14-12-17)20-15-7-16-21(2)19-9-5-4-6-10-19/h17-20H,3-16H2,1-2H3. The van der Waals surface area contributed by atoms with E-state index >= 15 is 0 Å². The Labute approximate surface area is 133 Å². The van der Waals surface area contributed by atoms with Crippen LogP contribution < -0.4 is 5.32 Å². The van der Waals surface area contributed by atoms with Crippen LogP contribution in [0.4, 0.5) is 0 Å². The maximum atomic E-state index is 3.82. The average molecular weight is 295 g/mol. The van der Waals surface area contributed by atoms with Crippen molar-refractivity contribution >= 4 is 0 Å². The van der Waals surface area contributed by atoms with Crippen LogP contribution in [0.15, 0.2) is 0 Å². The maximum Gasteiger partial charge on any atom is 0.00922 e. The summed E-state index contributed by atoms with van der Waals surface area (Å²) < 4.78 is 0. The highest BCUT2D eigenvalue weighted by atomic mass is 15.1. The number of nitrogens with zero attached hydrogens (tertiary/aromatic N) is 1. The zero-order chi connectivity index (χ0) is 14.9. The van der Waals surface area contributed by atoms with Crippen LogP contribution in [0, 0.1) is 5.92 Å². The number of nitrogens with one attached hydrogen (secondary N) is 1. The van der Waals surface area contributed by atoms with Crippen LogP contribution in [0.1, 0.15) is 84.0 Å². The van der Waals surface area contributed by atoms with Crippen LogP contribution in [0.25, 0.3) is 0 Å². The highest BCUT2D eigenvalue weighted by Crippen LogP contribution is 2.27. The van der Waals surface area contributed by atoms with Gasteiger partial charge in [0.15, 0.2) is 0 Å². The minimum Gasteiger partial charge on any atom is -0.314 e. The molecule has 2 aliphatic carbocycles. The summed E-state index contributed by atoms with van der Waals surface area (Å²) in [4.78, 5) is 2.62. The summed E-state index contributed by atoms with van der Waals surface area (Å²) in [5, 5.41) is 3.82. The molecule has 0 aliphatic heterocycles. The van der Waals surface area contributed by atoms with Gasteiger partial charge >= 0.3 is 0 Å². The number of rotatable bonds is 8. The molecule has 0 aromatic carbocycles. The fourth-order valence-corrected chi connectivity index (χ4v) is 4.40. The van der Waals surface area contributed by atoms with Crippen LogP contribution in [0.2, 0.25) is 0 Å². The molecule has 0 unspecified atom stereocenters. The molecule has 0 amide bonds. The fourth-order valence-electron chi connectivity index (χ4n) is 4.40. The zero-order valence-corrected chi connectivity index (χ0v) is 14.6. The van der Waals surface area contributed by atoms with Gasteiger partial charge in [-0.25, -0.2) is 0 Å². The quantitative estimate of drug-likeness (QED) is 0.659. The van der Waals surface area contributed by atoms with Crippen LogP contribution in [0.3, 0.4) is 0 Å². The smallest absolute Gasteiger partial charge is 0.00922 e.